The van der Waals surface area contributed by atoms with Crippen molar-refractivity contribution in [2.45, 2.75) is 41.0 Å². The summed E-state index contributed by atoms with van der Waals surface area (Å²) in [7, 11) is 0. The van der Waals surface area contributed by atoms with Crippen molar-refractivity contribution in [2.75, 3.05) is 26.3 Å². The third kappa shape index (κ3) is 11.9. The van der Waals surface area contributed by atoms with Crippen molar-refractivity contribution in [3.05, 3.63) is 0 Å². The van der Waals surface area contributed by atoms with Gasteiger partial charge in [-0.3, -0.25) is 0 Å². The molecule has 0 saturated heterocycles. The van der Waals surface area contributed by atoms with Gasteiger partial charge in [0, 0.05) is 6.54 Å². The van der Waals surface area contributed by atoms with Crippen LogP contribution >= 0.6 is 0 Å². The van der Waals surface area contributed by atoms with Crippen LogP contribution in [0, 0.1) is 11.3 Å². The summed E-state index contributed by atoms with van der Waals surface area (Å²) in [6, 6.07) is 0. The van der Waals surface area contributed by atoms with Crippen LogP contribution in [0.1, 0.15) is 41.0 Å². The van der Waals surface area contributed by atoms with Gasteiger partial charge in [-0.05, 0) is 24.3 Å². The van der Waals surface area contributed by atoms with E-state index in [2.05, 4.69) is 39.9 Å². The van der Waals surface area contributed by atoms with E-state index in [1.165, 1.54) is 6.42 Å². The molecule has 0 aromatic rings. The van der Waals surface area contributed by atoms with Crippen LogP contribution in [0.25, 0.3) is 0 Å². The number of ether oxygens (including phenoxy) is 1. The van der Waals surface area contributed by atoms with E-state index in [1.807, 2.05) is 0 Å². The summed E-state index contributed by atoms with van der Waals surface area (Å²) in [6.07, 6.45) is 1.25. The minimum atomic E-state index is 0.290. The Morgan fingerprint density at radius 3 is 2.29 bits per heavy atom. The van der Waals surface area contributed by atoms with Gasteiger partial charge in [-0.2, -0.15) is 0 Å². The summed E-state index contributed by atoms with van der Waals surface area (Å²) < 4.78 is 5.54. The van der Waals surface area contributed by atoms with E-state index < -0.39 is 0 Å². The number of nitrogens with one attached hydrogen (secondary N) is 1. The molecule has 2 heteroatoms. The molecule has 14 heavy (non-hydrogen) atoms. The summed E-state index contributed by atoms with van der Waals surface area (Å²) in [4.78, 5) is 0. The van der Waals surface area contributed by atoms with Gasteiger partial charge < -0.3 is 10.1 Å². The predicted molar refractivity (Wildman–Crippen MR) is 62.6 cm³/mol. The zero-order valence-corrected chi connectivity index (χ0v) is 10.5. The van der Waals surface area contributed by atoms with Crippen LogP contribution in [0.4, 0.5) is 0 Å². The van der Waals surface area contributed by atoms with Crippen molar-refractivity contribution < 1.29 is 4.74 Å². The molecular weight excluding hydrogens is 174 g/mol. The molecule has 0 aliphatic carbocycles. The van der Waals surface area contributed by atoms with E-state index in [0.29, 0.717) is 0 Å². The molecule has 0 aliphatic rings. The van der Waals surface area contributed by atoms with Crippen LogP contribution in [0.5, 0.6) is 0 Å². The highest BCUT2D eigenvalue weighted by molar-refractivity contribution is 4.59. The maximum Gasteiger partial charge on any atom is 0.0591 e. The molecule has 0 amide bonds. The Morgan fingerprint density at radius 1 is 1.14 bits per heavy atom. The Balaban J connectivity index is 3.07. The van der Waals surface area contributed by atoms with Gasteiger partial charge in [-0.25, -0.2) is 0 Å². The fourth-order valence-electron chi connectivity index (χ4n) is 1.04. The molecule has 0 aliphatic heterocycles. The maximum atomic E-state index is 5.54. The second kappa shape index (κ2) is 7.24. The minimum absolute atomic E-state index is 0.290. The van der Waals surface area contributed by atoms with Gasteiger partial charge in [0.25, 0.3) is 0 Å². The number of rotatable bonds is 7. The molecule has 86 valence electrons. The Kier molecular flexibility index (Phi) is 7.20. The van der Waals surface area contributed by atoms with Crippen LogP contribution in [0.15, 0.2) is 0 Å². The van der Waals surface area contributed by atoms with Crippen LogP contribution in [0.2, 0.25) is 0 Å². The predicted octanol–water partition coefficient (Wildman–Crippen LogP) is 2.68. The molecule has 0 atom stereocenters. The quantitative estimate of drug-likeness (QED) is 0.639. The van der Waals surface area contributed by atoms with Crippen molar-refractivity contribution >= 4 is 0 Å². The summed E-state index contributed by atoms with van der Waals surface area (Å²) in [6.45, 7) is 14.8. The zero-order valence-electron chi connectivity index (χ0n) is 10.5. The zero-order chi connectivity index (χ0) is 11.0. The van der Waals surface area contributed by atoms with Crippen molar-refractivity contribution in [1.29, 1.82) is 0 Å². The average molecular weight is 201 g/mol. The van der Waals surface area contributed by atoms with Gasteiger partial charge in [-0.1, -0.05) is 34.6 Å². The van der Waals surface area contributed by atoms with Crippen LogP contribution in [-0.4, -0.2) is 26.3 Å². The fourth-order valence-corrected chi connectivity index (χ4v) is 1.04. The molecule has 0 heterocycles. The molecule has 0 radical (unpaired) electrons. The lowest BCUT2D eigenvalue weighted by molar-refractivity contribution is 0.0730. The van der Waals surface area contributed by atoms with Gasteiger partial charge >= 0.3 is 0 Å². The summed E-state index contributed by atoms with van der Waals surface area (Å²) in [5, 5.41) is 3.38. The third-order valence-electron chi connectivity index (χ3n) is 1.86. The minimum Gasteiger partial charge on any atom is -0.380 e. The first-order valence-electron chi connectivity index (χ1n) is 5.70. The van der Waals surface area contributed by atoms with E-state index in [1.54, 1.807) is 0 Å². The summed E-state index contributed by atoms with van der Waals surface area (Å²) in [5.74, 6) is 0.790. The standard InChI is InChI=1S/C12H27NO/c1-11(2)6-7-13-8-9-14-10-12(3,4)5/h11,13H,6-10H2,1-5H3. The highest BCUT2D eigenvalue weighted by Crippen LogP contribution is 2.12. The van der Waals surface area contributed by atoms with E-state index >= 15 is 0 Å². The molecule has 0 bridgehead atoms. The van der Waals surface area contributed by atoms with Crippen LogP contribution < -0.4 is 5.32 Å². The molecular formula is C12H27NO. The first-order valence-corrected chi connectivity index (χ1v) is 5.70. The monoisotopic (exact) mass is 201 g/mol. The third-order valence-corrected chi connectivity index (χ3v) is 1.86. The van der Waals surface area contributed by atoms with E-state index in [9.17, 15) is 0 Å². The highest BCUT2D eigenvalue weighted by Gasteiger charge is 2.09. The first-order chi connectivity index (χ1) is 6.42. The van der Waals surface area contributed by atoms with Crippen molar-refractivity contribution in [3.63, 3.8) is 0 Å². The molecule has 2 nitrogen and oxygen atoms in total. The lowest BCUT2D eigenvalue weighted by Crippen LogP contribution is -2.24. The summed E-state index contributed by atoms with van der Waals surface area (Å²) in [5.41, 5.74) is 0.290. The Labute approximate surface area is 89.4 Å². The number of hydrogen-bond donors (Lipinski definition) is 1. The molecule has 0 saturated carbocycles. The number of hydrogen-bond acceptors (Lipinski definition) is 2. The summed E-state index contributed by atoms with van der Waals surface area (Å²) >= 11 is 0. The SMILES string of the molecule is CC(C)CCNCCOCC(C)(C)C. The Bertz CT molecular complexity index is 127. The van der Waals surface area contributed by atoms with Crippen LogP contribution in [-0.2, 0) is 4.74 Å². The average Bonchev–Trinajstić information content (AvgIpc) is 2.00. The van der Waals surface area contributed by atoms with E-state index in [0.717, 1.165) is 32.2 Å². The topological polar surface area (TPSA) is 21.3 Å². The van der Waals surface area contributed by atoms with Crippen molar-refractivity contribution in [1.82, 2.24) is 5.32 Å². The van der Waals surface area contributed by atoms with Gasteiger partial charge in [0.15, 0.2) is 0 Å². The molecule has 0 aromatic heterocycles. The van der Waals surface area contributed by atoms with Gasteiger partial charge in [-0.15, -0.1) is 0 Å². The lowest BCUT2D eigenvalue weighted by Gasteiger charge is -2.18. The largest absolute Gasteiger partial charge is 0.380 e. The molecule has 0 fully saturated rings. The lowest BCUT2D eigenvalue weighted by atomic mass is 9.99. The fraction of sp³-hybridized carbons (Fsp3) is 1.00. The molecule has 0 unspecified atom stereocenters. The second-order valence-electron chi connectivity index (χ2n) is 5.55. The van der Waals surface area contributed by atoms with Crippen molar-refractivity contribution in [3.8, 4) is 0 Å². The molecule has 0 aromatic carbocycles. The normalized spacial score (nSPS) is 12.4. The molecule has 1 N–H and O–H groups in total. The van der Waals surface area contributed by atoms with E-state index in [4.69, 9.17) is 4.74 Å². The Morgan fingerprint density at radius 2 is 1.79 bits per heavy atom. The maximum absolute atomic E-state index is 5.54. The van der Waals surface area contributed by atoms with Gasteiger partial charge in [0.1, 0.15) is 0 Å². The van der Waals surface area contributed by atoms with E-state index in [-0.39, 0.29) is 5.41 Å². The first kappa shape index (κ1) is 13.9. The van der Waals surface area contributed by atoms with Crippen molar-refractivity contribution in [2.24, 2.45) is 11.3 Å². The van der Waals surface area contributed by atoms with Gasteiger partial charge in [0.2, 0.25) is 0 Å². The second-order valence-corrected chi connectivity index (χ2v) is 5.55. The molecule has 0 rings (SSSR count). The molecule has 0 spiro atoms. The van der Waals surface area contributed by atoms with Crippen LogP contribution in [0.3, 0.4) is 0 Å². The van der Waals surface area contributed by atoms with Gasteiger partial charge in [0.05, 0.1) is 13.2 Å². The highest BCUT2D eigenvalue weighted by atomic mass is 16.5. The Hall–Kier alpha value is -0.0800. The smallest absolute Gasteiger partial charge is 0.0591 e.